The van der Waals surface area contributed by atoms with E-state index in [4.69, 9.17) is 10.3 Å². The molecule has 0 saturated heterocycles. The minimum absolute atomic E-state index is 0.0942. The molecule has 0 aliphatic carbocycles. The Morgan fingerprint density at radius 2 is 2.07 bits per heavy atom. The van der Waals surface area contributed by atoms with Gasteiger partial charge in [0.1, 0.15) is 0 Å². The molecule has 1 aromatic rings. The van der Waals surface area contributed by atoms with Gasteiger partial charge in [0.15, 0.2) is 17.3 Å². The summed E-state index contributed by atoms with van der Waals surface area (Å²) in [6, 6.07) is 1.05. The van der Waals surface area contributed by atoms with Gasteiger partial charge in [-0.05, 0) is 6.07 Å². The number of phenols is 1. The Labute approximate surface area is 78.7 Å². The highest BCUT2D eigenvalue weighted by Gasteiger charge is 2.17. The summed E-state index contributed by atoms with van der Waals surface area (Å²) in [5.74, 6) is -3.68. The molecule has 1 aromatic carbocycles. The number of phenolic OH excluding ortho intramolecular Hbond substituents is 1. The van der Waals surface area contributed by atoms with Crippen molar-refractivity contribution >= 4 is 0 Å². The Morgan fingerprint density at radius 1 is 1.43 bits per heavy atom. The number of hydrogen-bond acceptors (Lipinski definition) is 4. The summed E-state index contributed by atoms with van der Waals surface area (Å²) >= 11 is 0. The minimum Gasteiger partial charge on any atom is -0.503 e. The summed E-state index contributed by atoms with van der Waals surface area (Å²) in [6.45, 7) is -0.254. The first-order valence-corrected chi connectivity index (χ1v) is 3.72. The first-order chi connectivity index (χ1) is 6.61. The van der Waals surface area contributed by atoms with Crippen LogP contribution in [0, 0.1) is 11.6 Å². The van der Waals surface area contributed by atoms with E-state index in [1.807, 2.05) is 0 Å². The van der Waals surface area contributed by atoms with E-state index in [2.05, 4.69) is 4.74 Å². The number of halogens is 2. The molecular weight excluding hydrogens is 196 g/mol. The highest BCUT2D eigenvalue weighted by Crippen LogP contribution is 2.31. The lowest BCUT2D eigenvalue weighted by Crippen LogP contribution is -2.09. The molecule has 0 aliphatic heterocycles. The molecule has 0 aromatic heterocycles. The number of benzene rings is 1. The zero-order valence-electron chi connectivity index (χ0n) is 7.34. The van der Waals surface area contributed by atoms with Gasteiger partial charge in [-0.25, -0.2) is 9.87 Å². The molecule has 0 amide bonds. The molecule has 3 N–H and O–H groups in total. The van der Waals surface area contributed by atoms with E-state index in [0.717, 1.165) is 6.07 Å². The van der Waals surface area contributed by atoms with Crippen LogP contribution in [0.4, 0.5) is 8.78 Å². The summed E-state index contributed by atoms with van der Waals surface area (Å²) in [4.78, 5) is 0. The summed E-state index contributed by atoms with van der Waals surface area (Å²) < 4.78 is 30.6. The minimum atomic E-state index is -1.16. The first kappa shape index (κ1) is 10.7. The van der Waals surface area contributed by atoms with Crippen LogP contribution >= 0.6 is 0 Å². The molecule has 14 heavy (non-hydrogen) atoms. The fraction of sp³-hybridized carbons (Fsp3) is 0.250. The first-order valence-electron chi connectivity index (χ1n) is 3.72. The third kappa shape index (κ3) is 1.75. The van der Waals surface area contributed by atoms with Crippen LogP contribution in [0.1, 0.15) is 5.56 Å². The Kier molecular flexibility index (Phi) is 3.21. The predicted octanol–water partition coefficient (Wildman–Crippen LogP) is 1.16. The molecule has 6 heteroatoms. The topological polar surface area (TPSA) is 61.7 Å². The van der Waals surface area contributed by atoms with E-state index >= 15 is 0 Å². The lowest BCUT2D eigenvalue weighted by Gasteiger charge is -2.08. The number of hydrogen-bond donors (Lipinski definition) is 3. The fourth-order valence-corrected chi connectivity index (χ4v) is 1.01. The van der Waals surface area contributed by atoms with Crippen molar-refractivity contribution in [2.75, 3.05) is 7.11 Å². The maximum atomic E-state index is 13.1. The molecule has 0 saturated carbocycles. The summed E-state index contributed by atoms with van der Waals surface area (Å²) in [5.41, 5.74) is 1.60. The van der Waals surface area contributed by atoms with E-state index < -0.39 is 17.4 Å². The van der Waals surface area contributed by atoms with Crippen LogP contribution in [-0.2, 0) is 6.54 Å². The van der Waals surface area contributed by atoms with Crippen LogP contribution < -0.4 is 10.2 Å². The number of nitrogens with one attached hydrogen (secondary N) is 1. The van der Waals surface area contributed by atoms with E-state index in [1.165, 1.54) is 7.11 Å². The maximum absolute atomic E-state index is 13.1. The third-order valence-corrected chi connectivity index (χ3v) is 1.71. The smallest absolute Gasteiger partial charge is 0.209 e. The van der Waals surface area contributed by atoms with Gasteiger partial charge in [0.25, 0.3) is 0 Å². The van der Waals surface area contributed by atoms with Crippen LogP contribution in [0.25, 0.3) is 0 Å². The van der Waals surface area contributed by atoms with Crippen molar-refractivity contribution < 1.29 is 23.8 Å². The Bertz CT molecular complexity index is 344. The van der Waals surface area contributed by atoms with Crippen molar-refractivity contribution in [2.24, 2.45) is 0 Å². The maximum Gasteiger partial charge on any atom is 0.209 e. The second-order valence-electron chi connectivity index (χ2n) is 2.55. The number of ether oxygens (including phenoxy) is 1. The van der Waals surface area contributed by atoms with Gasteiger partial charge in [-0.3, -0.25) is 0 Å². The highest BCUT2D eigenvalue weighted by molar-refractivity contribution is 5.41. The zero-order chi connectivity index (χ0) is 10.7. The van der Waals surface area contributed by atoms with Gasteiger partial charge < -0.3 is 15.1 Å². The monoisotopic (exact) mass is 205 g/mol. The lowest BCUT2D eigenvalue weighted by molar-refractivity contribution is 0.159. The van der Waals surface area contributed by atoms with E-state index in [-0.39, 0.29) is 17.9 Å². The van der Waals surface area contributed by atoms with Crippen molar-refractivity contribution in [3.05, 3.63) is 23.3 Å². The number of aromatic hydroxyl groups is 1. The Hall–Kier alpha value is -1.40. The lowest BCUT2D eigenvalue weighted by atomic mass is 10.1. The molecule has 0 unspecified atom stereocenters. The van der Waals surface area contributed by atoms with E-state index in [0.29, 0.717) is 0 Å². The predicted molar refractivity (Wildman–Crippen MR) is 43.2 cm³/mol. The zero-order valence-corrected chi connectivity index (χ0v) is 7.34. The standard InChI is InChI=1S/C8H9F2NO3/c1-14-5-2-4(3-11-13)6(9)8(12)7(5)10/h2,11-13H,3H2,1H3. The van der Waals surface area contributed by atoms with Crippen molar-refractivity contribution in [1.82, 2.24) is 5.48 Å². The molecule has 0 radical (unpaired) electrons. The second-order valence-corrected chi connectivity index (χ2v) is 2.55. The molecule has 0 aliphatic rings. The molecular formula is C8H9F2NO3. The fourth-order valence-electron chi connectivity index (χ4n) is 1.01. The van der Waals surface area contributed by atoms with Crippen LogP contribution in [-0.4, -0.2) is 17.4 Å². The van der Waals surface area contributed by atoms with Crippen LogP contribution in [0.3, 0.4) is 0 Å². The highest BCUT2D eigenvalue weighted by atomic mass is 19.1. The summed E-state index contributed by atoms with van der Waals surface area (Å²) in [5, 5.41) is 17.3. The van der Waals surface area contributed by atoms with Crippen LogP contribution in [0.2, 0.25) is 0 Å². The third-order valence-electron chi connectivity index (χ3n) is 1.71. The average molecular weight is 205 g/mol. The average Bonchev–Trinajstić information content (AvgIpc) is 2.19. The molecule has 78 valence electrons. The van der Waals surface area contributed by atoms with Crippen LogP contribution in [0.5, 0.6) is 11.5 Å². The SMILES string of the molecule is COc1cc(CNO)c(F)c(O)c1F. The van der Waals surface area contributed by atoms with Gasteiger partial charge in [-0.15, -0.1) is 0 Å². The summed E-state index contributed by atoms with van der Waals surface area (Å²) in [7, 11) is 1.19. The van der Waals surface area contributed by atoms with Gasteiger partial charge in [0.05, 0.1) is 7.11 Å². The van der Waals surface area contributed by atoms with Crippen molar-refractivity contribution in [3.63, 3.8) is 0 Å². The molecule has 0 heterocycles. The molecule has 0 spiro atoms. The van der Waals surface area contributed by atoms with Gasteiger partial charge in [-0.1, -0.05) is 0 Å². The molecule has 4 nitrogen and oxygen atoms in total. The molecule has 1 rings (SSSR count). The molecule has 0 fully saturated rings. The van der Waals surface area contributed by atoms with Gasteiger partial charge in [-0.2, -0.15) is 4.39 Å². The van der Waals surface area contributed by atoms with Gasteiger partial charge >= 0.3 is 0 Å². The van der Waals surface area contributed by atoms with Gasteiger partial charge in [0, 0.05) is 12.1 Å². The molecule has 0 atom stereocenters. The van der Waals surface area contributed by atoms with E-state index in [9.17, 15) is 8.78 Å². The van der Waals surface area contributed by atoms with Crippen molar-refractivity contribution in [2.45, 2.75) is 6.54 Å². The number of hydroxylamine groups is 1. The Morgan fingerprint density at radius 3 is 2.57 bits per heavy atom. The number of rotatable bonds is 3. The Balaban J connectivity index is 3.25. The van der Waals surface area contributed by atoms with Crippen molar-refractivity contribution in [1.29, 1.82) is 0 Å². The van der Waals surface area contributed by atoms with Crippen LogP contribution in [0.15, 0.2) is 6.07 Å². The second kappa shape index (κ2) is 4.21. The number of methoxy groups -OCH3 is 1. The normalized spacial score (nSPS) is 10.3. The quantitative estimate of drug-likeness (QED) is 0.648. The largest absolute Gasteiger partial charge is 0.503 e. The summed E-state index contributed by atoms with van der Waals surface area (Å²) in [6.07, 6.45) is 0. The van der Waals surface area contributed by atoms with Crippen molar-refractivity contribution in [3.8, 4) is 11.5 Å². The van der Waals surface area contributed by atoms with Gasteiger partial charge in [0.2, 0.25) is 5.82 Å². The molecule has 0 bridgehead atoms. The van der Waals surface area contributed by atoms with E-state index in [1.54, 1.807) is 5.48 Å².